The van der Waals surface area contributed by atoms with Crippen molar-refractivity contribution in [1.29, 1.82) is 0 Å². The number of guanidine groups is 1. The molecular formula is C17H25IN6. The first-order valence-electron chi connectivity index (χ1n) is 8.31. The number of aliphatic imine (C=N–C) groups is 1. The second-order valence-corrected chi connectivity index (χ2v) is 5.77. The maximum Gasteiger partial charge on any atom is 0.193 e. The van der Waals surface area contributed by atoms with Crippen LogP contribution in [0.3, 0.4) is 0 Å². The molecule has 1 aromatic heterocycles. The zero-order valence-corrected chi connectivity index (χ0v) is 16.6. The molecule has 0 amide bonds. The van der Waals surface area contributed by atoms with Crippen molar-refractivity contribution >= 4 is 35.6 Å². The molecule has 0 unspecified atom stereocenters. The number of fused-ring (bicyclic) bond motifs is 1. The molecule has 24 heavy (non-hydrogen) atoms. The molecule has 0 bridgehead atoms. The molecule has 6 nitrogen and oxygen atoms in total. The Bertz CT molecular complexity index is 700. The highest BCUT2D eigenvalue weighted by molar-refractivity contribution is 14.0. The molecule has 3 N–H and O–H groups in total. The van der Waals surface area contributed by atoms with E-state index in [4.69, 9.17) is 5.73 Å². The van der Waals surface area contributed by atoms with Crippen LogP contribution in [0.2, 0.25) is 0 Å². The summed E-state index contributed by atoms with van der Waals surface area (Å²) in [4.78, 5) is 4.45. The minimum atomic E-state index is 0. The van der Waals surface area contributed by atoms with E-state index in [1.807, 2.05) is 0 Å². The van der Waals surface area contributed by atoms with E-state index in [0.717, 1.165) is 49.6 Å². The first-order valence-corrected chi connectivity index (χ1v) is 8.31. The predicted octanol–water partition coefficient (Wildman–Crippen LogP) is 2.89. The van der Waals surface area contributed by atoms with E-state index in [9.17, 15) is 0 Å². The number of rotatable bonds is 5. The van der Waals surface area contributed by atoms with Gasteiger partial charge in [0.25, 0.3) is 0 Å². The van der Waals surface area contributed by atoms with Crippen molar-refractivity contribution in [3.63, 3.8) is 0 Å². The van der Waals surface area contributed by atoms with Crippen molar-refractivity contribution in [2.75, 3.05) is 5.32 Å². The fourth-order valence-corrected chi connectivity index (χ4v) is 3.05. The maximum atomic E-state index is 6.10. The molecule has 7 heteroatoms. The highest BCUT2D eigenvalue weighted by Crippen LogP contribution is 2.22. The van der Waals surface area contributed by atoms with Gasteiger partial charge in [-0.05, 0) is 30.4 Å². The number of para-hydroxylation sites is 1. The molecule has 0 saturated carbocycles. The van der Waals surface area contributed by atoms with E-state index in [-0.39, 0.29) is 24.0 Å². The predicted molar refractivity (Wildman–Crippen MR) is 108 cm³/mol. The van der Waals surface area contributed by atoms with Gasteiger partial charge in [0.2, 0.25) is 0 Å². The Balaban J connectivity index is 0.00000208. The van der Waals surface area contributed by atoms with E-state index in [1.54, 1.807) is 0 Å². The molecule has 1 aliphatic rings. The average molecular weight is 440 g/mol. The minimum Gasteiger partial charge on any atom is -0.370 e. The summed E-state index contributed by atoms with van der Waals surface area (Å²) >= 11 is 0. The van der Waals surface area contributed by atoms with Crippen LogP contribution < -0.4 is 11.1 Å². The third-order valence-electron chi connectivity index (χ3n) is 4.33. The summed E-state index contributed by atoms with van der Waals surface area (Å²) < 4.78 is 2.15. The fourth-order valence-electron chi connectivity index (χ4n) is 3.05. The minimum absolute atomic E-state index is 0. The molecule has 0 radical (unpaired) electrons. The number of aryl methyl sites for hydroxylation is 3. The first kappa shape index (κ1) is 18.7. The van der Waals surface area contributed by atoms with Crippen LogP contribution in [-0.2, 0) is 32.4 Å². The van der Waals surface area contributed by atoms with Gasteiger partial charge < -0.3 is 15.6 Å². The van der Waals surface area contributed by atoms with Crippen molar-refractivity contribution in [2.24, 2.45) is 10.7 Å². The number of halogens is 1. The number of hydrogen-bond acceptors (Lipinski definition) is 3. The van der Waals surface area contributed by atoms with Crippen LogP contribution in [-0.4, -0.2) is 20.7 Å². The summed E-state index contributed by atoms with van der Waals surface area (Å²) in [7, 11) is 0. The van der Waals surface area contributed by atoms with Crippen molar-refractivity contribution in [1.82, 2.24) is 14.8 Å². The van der Waals surface area contributed by atoms with E-state index in [2.05, 4.69) is 57.1 Å². The Kier molecular flexibility index (Phi) is 6.59. The number of aromatic nitrogens is 3. The van der Waals surface area contributed by atoms with Gasteiger partial charge >= 0.3 is 0 Å². The molecule has 2 heterocycles. The Labute approximate surface area is 160 Å². The number of nitrogens with zero attached hydrogens (tertiary/aromatic N) is 4. The summed E-state index contributed by atoms with van der Waals surface area (Å²) in [6.07, 6.45) is 4.06. The summed E-state index contributed by atoms with van der Waals surface area (Å²) in [5, 5.41) is 11.7. The van der Waals surface area contributed by atoms with Crippen molar-refractivity contribution < 1.29 is 0 Å². The summed E-state index contributed by atoms with van der Waals surface area (Å²) in [6, 6.07) is 6.34. The van der Waals surface area contributed by atoms with Crippen LogP contribution in [0.1, 0.15) is 43.0 Å². The molecule has 0 fully saturated rings. The largest absolute Gasteiger partial charge is 0.370 e. The molecule has 1 aromatic carbocycles. The molecule has 0 spiro atoms. The van der Waals surface area contributed by atoms with Crippen LogP contribution in [0, 0.1) is 0 Å². The molecule has 1 aliphatic heterocycles. The normalized spacial score (nSPS) is 13.5. The van der Waals surface area contributed by atoms with Gasteiger partial charge in [0.15, 0.2) is 11.8 Å². The molecule has 0 saturated heterocycles. The second kappa shape index (κ2) is 8.46. The second-order valence-electron chi connectivity index (χ2n) is 5.77. The number of anilines is 1. The van der Waals surface area contributed by atoms with Gasteiger partial charge in [0.1, 0.15) is 12.4 Å². The van der Waals surface area contributed by atoms with Crippen LogP contribution in [0.5, 0.6) is 0 Å². The van der Waals surface area contributed by atoms with E-state index in [1.165, 1.54) is 11.1 Å². The smallest absolute Gasteiger partial charge is 0.193 e. The monoisotopic (exact) mass is 440 g/mol. The van der Waals surface area contributed by atoms with Gasteiger partial charge in [-0.2, -0.15) is 0 Å². The van der Waals surface area contributed by atoms with Crippen LogP contribution in [0.4, 0.5) is 5.69 Å². The number of nitrogens with one attached hydrogen (secondary N) is 1. The maximum absolute atomic E-state index is 6.10. The third kappa shape index (κ3) is 3.88. The van der Waals surface area contributed by atoms with E-state index < -0.39 is 0 Å². The topological polar surface area (TPSA) is 81.1 Å². The Morgan fingerprint density at radius 1 is 1.25 bits per heavy atom. The number of benzene rings is 1. The van der Waals surface area contributed by atoms with Crippen molar-refractivity contribution in [3.05, 3.63) is 41.0 Å². The number of hydrogen-bond donors (Lipinski definition) is 2. The lowest BCUT2D eigenvalue weighted by Crippen LogP contribution is -2.24. The van der Waals surface area contributed by atoms with Gasteiger partial charge in [-0.15, -0.1) is 34.2 Å². The van der Waals surface area contributed by atoms with E-state index in [0.29, 0.717) is 12.5 Å². The van der Waals surface area contributed by atoms with Crippen molar-refractivity contribution in [3.8, 4) is 0 Å². The SMILES string of the molecule is CCc1cccc(CC)c1NC(N)=NCc1nnc2n1CCC2.I. The molecule has 0 atom stereocenters. The highest BCUT2D eigenvalue weighted by Gasteiger charge is 2.16. The standard InChI is InChI=1S/C17H24N6.HI/c1-3-12-7-5-8-13(4-2)16(12)20-17(18)19-11-15-22-21-14-9-6-10-23(14)15;/h5,7-8H,3-4,6,9-11H2,1-2H3,(H3,18,19,20);1H. The zero-order chi connectivity index (χ0) is 16.2. The Hall–Kier alpha value is -1.64. The number of nitrogens with two attached hydrogens (primary N) is 1. The lowest BCUT2D eigenvalue weighted by atomic mass is 10.0. The van der Waals surface area contributed by atoms with Crippen LogP contribution >= 0.6 is 24.0 Å². The Morgan fingerprint density at radius 3 is 2.62 bits per heavy atom. The lowest BCUT2D eigenvalue weighted by Gasteiger charge is -2.14. The molecule has 0 aliphatic carbocycles. The average Bonchev–Trinajstić information content (AvgIpc) is 3.17. The van der Waals surface area contributed by atoms with E-state index >= 15 is 0 Å². The summed E-state index contributed by atoms with van der Waals surface area (Å²) in [5.74, 6) is 2.38. The van der Waals surface area contributed by atoms with Gasteiger partial charge in [-0.25, -0.2) is 4.99 Å². The van der Waals surface area contributed by atoms with Gasteiger partial charge in [0.05, 0.1) is 0 Å². The van der Waals surface area contributed by atoms with Crippen LogP contribution in [0.25, 0.3) is 0 Å². The summed E-state index contributed by atoms with van der Waals surface area (Å²) in [6.45, 7) is 5.74. The molecular weight excluding hydrogens is 415 g/mol. The quantitative estimate of drug-likeness (QED) is 0.426. The van der Waals surface area contributed by atoms with Crippen molar-refractivity contribution in [2.45, 2.75) is 52.6 Å². The Morgan fingerprint density at radius 2 is 1.96 bits per heavy atom. The highest BCUT2D eigenvalue weighted by atomic mass is 127. The van der Waals surface area contributed by atoms with Gasteiger partial charge in [-0.3, -0.25) is 0 Å². The first-order chi connectivity index (χ1) is 11.2. The zero-order valence-electron chi connectivity index (χ0n) is 14.2. The molecule has 2 aromatic rings. The summed E-state index contributed by atoms with van der Waals surface area (Å²) in [5.41, 5.74) is 9.70. The fraction of sp³-hybridized carbons (Fsp3) is 0.471. The molecule has 3 rings (SSSR count). The lowest BCUT2D eigenvalue weighted by molar-refractivity contribution is 0.688. The molecule has 130 valence electrons. The van der Waals surface area contributed by atoms with Gasteiger partial charge in [0, 0.05) is 18.7 Å². The van der Waals surface area contributed by atoms with Crippen LogP contribution in [0.15, 0.2) is 23.2 Å². The third-order valence-corrected chi connectivity index (χ3v) is 4.33. The van der Waals surface area contributed by atoms with Gasteiger partial charge in [-0.1, -0.05) is 32.0 Å².